The molecule has 1 aliphatic heterocycles. The molecule has 0 saturated heterocycles. The summed E-state index contributed by atoms with van der Waals surface area (Å²) in [7, 11) is -1.30. The third-order valence-corrected chi connectivity index (χ3v) is 8.63. The lowest BCUT2D eigenvalue weighted by molar-refractivity contribution is -0.121. The van der Waals surface area contributed by atoms with E-state index in [1.807, 2.05) is 19.1 Å². The van der Waals surface area contributed by atoms with Crippen LogP contribution in [0.3, 0.4) is 0 Å². The van der Waals surface area contributed by atoms with Gasteiger partial charge in [-0.2, -0.15) is 0 Å². The first-order valence-electron chi connectivity index (χ1n) is 13.3. The third kappa shape index (κ3) is 6.55. The summed E-state index contributed by atoms with van der Waals surface area (Å²) in [5.41, 5.74) is 2.10. The summed E-state index contributed by atoms with van der Waals surface area (Å²) in [6.07, 6.45) is -0.111. The van der Waals surface area contributed by atoms with E-state index in [4.69, 9.17) is 14.2 Å². The second kappa shape index (κ2) is 12.3. The summed E-state index contributed by atoms with van der Waals surface area (Å²) in [5, 5.41) is 12.5. The number of hydrogen-bond acceptors (Lipinski definition) is 7. The fourth-order valence-electron chi connectivity index (χ4n) is 4.98. The smallest absolute Gasteiger partial charge is 0.332 e. The average Bonchev–Trinajstić information content (AvgIpc) is 2.93. The molecule has 0 bridgehead atoms. The summed E-state index contributed by atoms with van der Waals surface area (Å²) < 4.78 is 43.3. The number of nitrogens with zero attached hydrogens (tertiary/aromatic N) is 1. The van der Waals surface area contributed by atoms with Crippen LogP contribution < -0.4 is 24.4 Å². The zero-order chi connectivity index (χ0) is 30.8. The largest absolute Gasteiger partial charge is 0.496 e. The quantitative estimate of drug-likeness (QED) is 0.227. The molecule has 42 heavy (non-hydrogen) atoms. The van der Waals surface area contributed by atoms with Crippen molar-refractivity contribution in [1.82, 2.24) is 0 Å². The first kappa shape index (κ1) is 31.3. The van der Waals surface area contributed by atoms with Gasteiger partial charge in [-0.3, -0.25) is 9.36 Å². The molecule has 0 saturated carbocycles. The van der Waals surface area contributed by atoms with E-state index in [1.54, 1.807) is 50.1 Å². The fraction of sp³-hybridized carbons (Fsp3) is 0.367. The summed E-state index contributed by atoms with van der Waals surface area (Å²) >= 11 is 0. The molecule has 4 N–H and O–H groups in total. The van der Waals surface area contributed by atoms with Gasteiger partial charge in [0.25, 0.3) is 5.91 Å². The number of aliphatic hydroxyl groups excluding tert-OH is 1. The highest BCUT2D eigenvalue weighted by Gasteiger charge is 2.39. The molecule has 0 unspecified atom stereocenters. The lowest BCUT2D eigenvalue weighted by atomic mass is 9.91. The number of halogens is 1. The van der Waals surface area contributed by atoms with Crippen LogP contribution in [0, 0.1) is 12.7 Å². The third-order valence-electron chi connectivity index (χ3n) is 7.27. The van der Waals surface area contributed by atoms with E-state index in [2.05, 4.69) is 5.32 Å². The number of carbonyl (C=O) groups excluding carboxylic acids is 1. The minimum absolute atomic E-state index is 0.00899. The Morgan fingerprint density at radius 1 is 1.05 bits per heavy atom. The Morgan fingerprint density at radius 2 is 1.76 bits per heavy atom. The number of nitrogens with one attached hydrogen (secondary N) is 1. The van der Waals surface area contributed by atoms with Crippen molar-refractivity contribution in [2.24, 2.45) is 0 Å². The molecular weight excluding hydrogens is 566 g/mol. The van der Waals surface area contributed by atoms with Crippen LogP contribution >= 0.6 is 7.60 Å². The SMILES string of the molecule is COc1cc(OC[C@H](CCO)P(=O)(O)O)ccc1-c1ccc2c(c1COc1cc(F)ccc1C)N(C)C(=O)C(C)(C)N2. The maximum atomic E-state index is 14.0. The topological polar surface area (TPSA) is 138 Å². The van der Waals surface area contributed by atoms with E-state index in [1.165, 1.54) is 19.2 Å². The molecule has 0 spiro atoms. The molecule has 1 amide bonds. The number of hydrogen-bond donors (Lipinski definition) is 4. The number of anilines is 2. The summed E-state index contributed by atoms with van der Waals surface area (Å²) in [6.45, 7) is 4.74. The number of ether oxygens (including phenoxy) is 3. The highest BCUT2D eigenvalue weighted by atomic mass is 31.2. The Labute approximate surface area is 244 Å². The maximum absolute atomic E-state index is 14.0. The van der Waals surface area contributed by atoms with Crippen molar-refractivity contribution in [2.45, 2.75) is 45.0 Å². The van der Waals surface area contributed by atoms with E-state index in [-0.39, 0.29) is 32.1 Å². The molecule has 226 valence electrons. The molecule has 1 atom stereocenters. The fourth-order valence-corrected chi connectivity index (χ4v) is 5.70. The second-order valence-corrected chi connectivity index (χ2v) is 12.6. The molecule has 1 aliphatic rings. The molecule has 0 radical (unpaired) electrons. The van der Waals surface area contributed by atoms with Gasteiger partial charge < -0.3 is 39.3 Å². The number of fused-ring (bicyclic) bond motifs is 1. The van der Waals surface area contributed by atoms with E-state index in [9.17, 15) is 28.6 Å². The average molecular weight is 603 g/mol. The van der Waals surface area contributed by atoms with Gasteiger partial charge in [-0.1, -0.05) is 12.1 Å². The molecule has 1 heterocycles. The van der Waals surface area contributed by atoms with Gasteiger partial charge in [-0.15, -0.1) is 0 Å². The van der Waals surface area contributed by atoms with Crippen molar-refractivity contribution in [3.8, 4) is 28.4 Å². The van der Waals surface area contributed by atoms with Crippen LogP contribution in [0.15, 0.2) is 48.5 Å². The van der Waals surface area contributed by atoms with Gasteiger partial charge >= 0.3 is 7.60 Å². The summed E-state index contributed by atoms with van der Waals surface area (Å²) in [4.78, 5) is 34.0. The van der Waals surface area contributed by atoms with Crippen molar-refractivity contribution in [3.05, 3.63) is 65.5 Å². The highest BCUT2D eigenvalue weighted by molar-refractivity contribution is 7.52. The molecule has 3 aromatic rings. The number of amides is 1. The van der Waals surface area contributed by atoms with Crippen LogP contribution in [0.4, 0.5) is 15.8 Å². The Bertz CT molecular complexity index is 1520. The minimum atomic E-state index is -4.48. The van der Waals surface area contributed by atoms with E-state index < -0.39 is 24.6 Å². The molecule has 0 aliphatic carbocycles. The first-order chi connectivity index (χ1) is 19.8. The zero-order valence-electron chi connectivity index (χ0n) is 24.2. The second-order valence-electron chi connectivity index (χ2n) is 10.7. The zero-order valence-corrected chi connectivity index (χ0v) is 25.1. The molecule has 10 nitrogen and oxygen atoms in total. The van der Waals surface area contributed by atoms with Crippen molar-refractivity contribution < 1.29 is 42.9 Å². The number of benzene rings is 3. The van der Waals surface area contributed by atoms with Gasteiger partial charge in [0.15, 0.2) is 0 Å². The molecule has 4 rings (SSSR count). The Hall–Kier alpha value is -3.63. The van der Waals surface area contributed by atoms with Gasteiger partial charge in [0.05, 0.1) is 24.1 Å². The van der Waals surface area contributed by atoms with Gasteiger partial charge in [-0.05, 0) is 62.6 Å². The first-order valence-corrected chi connectivity index (χ1v) is 15.0. The lowest BCUT2D eigenvalue weighted by Gasteiger charge is -2.39. The molecule has 12 heteroatoms. The van der Waals surface area contributed by atoms with Crippen LogP contribution in [0.2, 0.25) is 0 Å². The molecule has 0 fully saturated rings. The standard InChI is InChI=1S/C30H36FN2O8P/c1-18-6-7-19(31)14-26(18)41-17-24-22(10-11-25-28(24)33(4)29(35)30(2,3)32-25)23-9-8-20(15-27(23)39-5)40-16-21(12-13-34)42(36,37)38/h6-11,14-15,21,32,34H,12-13,16-17H2,1-5H3,(H2,36,37,38)/t21-/m0/s1. The van der Waals surface area contributed by atoms with Crippen molar-refractivity contribution in [1.29, 1.82) is 0 Å². The monoisotopic (exact) mass is 602 g/mol. The normalized spacial score (nSPS) is 15.1. The van der Waals surface area contributed by atoms with Crippen LogP contribution in [-0.4, -0.2) is 59.4 Å². The summed E-state index contributed by atoms with van der Waals surface area (Å²) in [6, 6.07) is 13.0. The van der Waals surface area contributed by atoms with Crippen molar-refractivity contribution in [3.63, 3.8) is 0 Å². The number of likely N-dealkylation sites (N-methyl/N-ethyl adjacent to an activating group) is 1. The number of carbonyl (C=O) groups is 1. The number of aryl methyl sites for hydroxylation is 1. The van der Waals surface area contributed by atoms with Gasteiger partial charge in [-0.25, -0.2) is 4.39 Å². The van der Waals surface area contributed by atoms with Crippen molar-refractivity contribution in [2.75, 3.05) is 37.6 Å². The molecule has 0 aromatic heterocycles. The van der Waals surface area contributed by atoms with E-state index >= 15 is 0 Å². The van der Waals surface area contributed by atoms with Crippen LogP contribution in [0.1, 0.15) is 31.4 Å². The Balaban J connectivity index is 1.77. The molecule has 3 aromatic carbocycles. The lowest BCUT2D eigenvalue weighted by Crippen LogP contribution is -2.52. The minimum Gasteiger partial charge on any atom is -0.496 e. The van der Waals surface area contributed by atoms with Crippen molar-refractivity contribution >= 4 is 24.9 Å². The van der Waals surface area contributed by atoms with Crippen LogP contribution in [0.25, 0.3) is 11.1 Å². The highest BCUT2D eigenvalue weighted by Crippen LogP contribution is 2.46. The Kier molecular flexibility index (Phi) is 9.18. The predicted octanol–water partition coefficient (Wildman–Crippen LogP) is 4.86. The Morgan fingerprint density at radius 3 is 2.43 bits per heavy atom. The van der Waals surface area contributed by atoms with E-state index in [0.29, 0.717) is 39.6 Å². The van der Waals surface area contributed by atoms with E-state index in [0.717, 1.165) is 11.3 Å². The number of methoxy groups -OCH3 is 1. The molecular formula is C30H36FN2O8P. The van der Waals surface area contributed by atoms with Gasteiger partial charge in [0.1, 0.15) is 41.8 Å². The van der Waals surface area contributed by atoms with Crippen LogP contribution in [0.5, 0.6) is 17.2 Å². The summed E-state index contributed by atoms with van der Waals surface area (Å²) in [5.74, 6) is 0.514. The number of aliphatic hydroxyl groups is 1. The van der Waals surface area contributed by atoms with Gasteiger partial charge in [0.2, 0.25) is 0 Å². The number of rotatable bonds is 11. The van der Waals surface area contributed by atoms with Gasteiger partial charge in [0, 0.05) is 36.9 Å². The maximum Gasteiger partial charge on any atom is 0.332 e. The van der Waals surface area contributed by atoms with Crippen LogP contribution in [-0.2, 0) is 16.0 Å². The predicted molar refractivity (Wildman–Crippen MR) is 158 cm³/mol.